The minimum Gasteiger partial charge on any atom is -0.381 e. The van der Waals surface area contributed by atoms with Gasteiger partial charge in [-0.05, 0) is 31.6 Å². The molecule has 0 aromatic carbocycles. The topological polar surface area (TPSA) is 55.6 Å². The Morgan fingerprint density at radius 1 is 1.31 bits per heavy atom. The van der Waals surface area contributed by atoms with Crippen LogP contribution in [-0.4, -0.2) is 43.2 Å². The summed E-state index contributed by atoms with van der Waals surface area (Å²) in [5.41, 5.74) is 6.01. The molecular formula is C11H21ClN2O2. The first-order valence-electron chi connectivity index (χ1n) is 5.80. The Kier molecular flexibility index (Phi) is 5.02. The zero-order chi connectivity index (χ0) is 10.8. The first-order valence-corrected chi connectivity index (χ1v) is 5.80. The second-order valence-corrected chi connectivity index (χ2v) is 4.66. The first kappa shape index (κ1) is 13.7. The number of carbonyl (C=O) groups excluding carboxylic acids is 1. The highest BCUT2D eigenvalue weighted by atomic mass is 35.5. The van der Waals surface area contributed by atoms with Crippen LogP contribution < -0.4 is 5.73 Å². The van der Waals surface area contributed by atoms with E-state index >= 15 is 0 Å². The summed E-state index contributed by atoms with van der Waals surface area (Å²) < 4.78 is 5.27. The lowest BCUT2D eigenvalue weighted by Gasteiger charge is -2.29. The Morgan fingerprint density at radius 2 is 1.88 bits per heavy atom. The van der Waals surface area contributed by atoms with Crippen molar-refractivity contribution in [1.29, 1.82) is 0 Å². The van der Waals surface area contributed by atoms with Crippen molar-refractivity contribution >= 4 is 18.3 Å². The highest BCUT2D eigenvalue weighted by molar-refractivity contribution is 5.85. The minimum absolute atomic E-state index is 0. The van der Waals surface area contributed by atoms with Crippen LogP contribution in [0.15, 0.2) is 0 Å². The first-order chi connectivity index (χ1) is 7.20. The molecule has 1 saturated carbocycles. The van der Waals surface area contributed by atoms with Crippen LogP contribution in [0.4, 0.5) is 0 Å². The second-order valence-electron chi connectivity index (χ2n) is 4.66. The molecule has 2 fully saturated rings. The summed E-state index contributed by atoms with van der Waals surface area (Å²) in [6, 6.07) is 0.142. The Morgan fingerprint density at radius 3 is 2.38 bits per heavy atom. The molecule has 0 aromatic heterocycles. The van der Waals surface area contributed by atoms with E-state index in [1.54, 1.807) is 0 Å². The highest BCUT2D eigenvalue weighted by Gasteiger charge is 2.35. The van der Waals surface area contributed by atoms with Crippen LogP contribution in [0.25, 0.3) is 0 Å². The molecule has 16 heavy (non-hydrogen) atoms. The van der Waals surface area contributed by atoms with Gasteiger partial charge in [0.2, 0.25) is 5.91 Å². The van der Waals surface area contributed by atoms with E-state index in [0.29, 0.717) is 12.0 Å². The van der Waals surface area contributed by atoms with E-state index in [1.807, 2.05) is 11.9 Å². The van der Waals surface area contributed by atoms with Crippen molar-refractivity contribution in [1.82, 2.24) is 4.90 Å². The molecule has 2 N–H and O–H groups in total. The average molecular weight is 249 g/mol. The highest BCUT2D eigenvalue weighted by Crippen LogP contribution is 2.27. The molecule has 1 atom stereocenters. The normalized spacial score (nSPS) is 23.4. The number of nitrogens with zero attached hydrogens (tertiary/aromatic N) is 1. The fourth-order valence-electron chi connectivity index (χ4n) is 2.15. The van der Waals surface area contributed by atoms with Gasteiger partial charge >= 0.3 is 0 Å². The summed E-state index contributed by atoms with van der Waals surface area (Å²) >= 11 is 0. The van der Waals surface area contributed by atoms with Crippen LogP contribution in [-0.2, 0) is 9.53 Å². The molecule has 2 rings (SSSR count). The maximum absolute atomic E-state index is 12.0. The number of ether oxygens (including phenoxy) is 1. The van der Waals surface area contributed by atoms with Gasteiger partial charge in [0.1, 0.15) is 0 Å². The minimum atomic E-state index is -0.320. The van der Waals surface area contributed by atoms with Crippen LogP contribution in [0.3, 0.4) is 0 Å². The van der Waals surface area contributed by atoms with Gasteiger partial charge < -0.3 is 15.4 Å². The van der Waals surface area contributed by atoms with E-state index in [2.05, 4.69) is 0 Å². The summed E-state index contributed by atoms with van der Waals surface area (Å²) in [5, 5.41) is 0. The standard InChI is InChI=1S/C11H20N2O2.ClH/c1-13(9-2-3-9)11(14)10(12)8-4-6-15-7-5-8;/h8-10H,2-7,12H2,1H3;1H. The maximum atomic E-state index is 12.0. The molecule has 1 heterocycles. The van der Waals surface area contributed by atoms with Crippen LogP contribution in [0.2, 0.25) is 0 Å². The number of amides is 1. The van der Waals surface area contributed by atoms with E-state index in [-0.39, 0.29) is 24.4 Å². The Bertz CT molecular complexity index is 240. The van der Waals surface area contributed by atoms with Gasteiger partial charge in [0.05, 0.1) is 6.04 Å². The fourth-order valence-corrected chi connectivity index (χ4v) is 2.15. The zero-order valence-corrected chi connectivity index (χ0v) is 10.5. The molecule has 0 aromatic rings. The molecule has 0 bridgehead atoms. The SMILES string of the molecule is CN(C(=O)C(N)C1CCOCC1)C1CC1.Cl. The molecule has 1 aliphatic carbocycles. The van der Waals surface area contributed by atoms with Gasteiger partial charge in [0, 0.05) is 26.3 Å². The molecule has 0 radical (unpaired) electrons. The van der Waals surface area contributed by atoms with E-state index in [9.17, 15) is 4.79 Å². The van der Waals surface area contributed by atoms with Crippen LogP contribution in [0.5, 0.6) is 0 Å². The number of carbonyl (C=O) groups is 1. The van der Waals surface area contributed by atoms with E-state index < -0.39 is 0 Å². The van der Waals surface area contributed by atoms with Crippen LogP contribution >= 0.6 is 12.4 Å². The number of likely N-dealkylation sites (N-methyl/N-ethyl adjacent to an activating group) is 1. The molecule has 1 unspecified atom stereocenters. The van der Waals surface area contributed by atoms with Gasteiger partial charge in [-0.25, -0.2) is 0 Å². The Labute approximate surface area is 103 Å². The largest absolute Gasteiger partial charge is 0.381 e. The lowest BCUT2D eigenvalue weighted by atomic mass is 9.91. The number of nitrogens with two attached hydrogens (primary N) is 1. The Hall–Kier alpha value is -0.320. The molecule has 5 heteroatoms. The molecule has 2 aliphatic rings. The molecule has 1 aliphatic heterocycles. The average Bonchev–Trinajstić information content (AvgIpc) is 3.11. The lowest BCUT2D eigenvalue weighted by molar-refractivity contribution is -0.133. The third kappa shape index (κ3) is 3.09. The molecule has 94 valence electrons. The quantitative estimate of drug-likeness (QED) is 0.803. The van der Waals surface area contributed by atoms with Crippen LogP contribution in [0, 0.1) is 5.92 Å². The van der Waals surface area contributed by atoms with E-state index in [1.165, 1.54) is 0 Å². The van der Waals surface area contributed by atoms with E-state index in [4.69, 9.17) is 10.5 Å². The van der Waals surface area contributed by atoms with Gasteiger partial charge in [-0.3, -0.25) is 4.79 Å². The van der Waals surface area contributed by atoms with Crippen molar-refractivity contribution in [3.63, 3.8) is 0 Å². The van der Waals surface area contributed by atoms with Crippen molar-refractivity contribution in [2.45, 2.75) is 37.8 Å². The predicted octanol–water partition coefficient (Wildman–Crippen LogP) is 0.783. The van der Waals surface area contributed by atoms with Crippen molar-refractivity contribution < 1.29 is 9.53 Å². The van der Waals surface area contributed by atoms with Gasteiger partial charge in [0.25, 0.3) is 0 Å². The van der Waals surface area contributed by atoms with E-state index in [0.717, 1.165) is 38.9 Å². The number of halogens is 1. The van der Waals surface area contributed by atoms with Gasteiger partial charge in [0.15, 0.2) is 0 Å². The third-order valence-electron chi connectivity index (χ3n) is 3.50. The molecule has 1 amide bonds. The summed E-state index contributed by atoms with van der Waals surface area (Å²) in [4.78, 5) is 13.8. The summed E-state index contributed by atoms with van der Waals surface area (Å²) in [6.07, 6.45) is 4.13. The molecule has 0 spiro atoms. The smallest absolute Gasteiger partial charge is 0.239 e. The fraction of sp³-hybridized carbons (Fsp3) is 0.909. The van der Waals surface area contributed by atoms with Crippen molar-refractivity contribution in [3.05, 3.63) is 0 Å². The predicted molar refractivity (Wildman–Crippen MR) is 64.6 cm³/mol. The summed E-state index contributed by atoms with van der Waals surface area (Å²) in [6.45, 7) is 1.50. The van der Waals surface area contributed by atoms with Crippen molar-refractivity contribution in [2.75, 3.05) is 20.3 Å². The summed E-state index contributed by atoms with van der Waals surface area (Å²) in [7, 11) is 1.87. The van der Waals surface area contributed by atoms with Crippen molar-refractivity contribution in [3.8, 4) is 0 Å². The second kappa shape index (κ2) is 5.84. The lowest BCUT2D eigenvalue weighted by Crippen LogP contribution is -2.48. The number of hydrogen-bond acceptors (Lipinski definition) is 3. The maximum Gasteiger partial charge on any atom is 0.239 e. The van der Waals surface area contributed by atoms with Gasteiger partial charge in [-0.2, -0.15) is 0 Å². The zero-order valence-electron chi connectivity index (χ0n) is 9.72. The number of rotatable bonds is 3. The summed E-state index contributed by atoms with van der Waals surface area (Å²) in [5.74, 6) is 0.428. The molecular weight excluding hydrogens is 228 g/mol. The molecule has 1 saturated heterocycles. The van der Waals surface area contributed by atoms with Gasteiger partial charge in [-0.1, -0.05) is 0 Å². The van der Waals surface area contributed by atoms with Crippen LogP contribution in [0.1, 0.15) is 25.7 Å². The van der Waals surface area contributed by atoms with Gasteiger partial charge in [-0.15, -0.1) is 12.4 Å². The molecule has 4 nitrogen and oxygen atoms in total. The van der Waals surface area contributed by atoms with Crippen molar-refractivity contribution in [2.24, 2.45) is 11.7 Å². The Balaban J connectivity index is 0.00000128. The monoisotopic (exact) mass is 248 g/mol. The third-order valence-corrected chi connectivity index (χ3v) is 3.50. The number of hydrogen-bond donors (Lipinski definition) is 1.